The average Bonchev–Trinajstić information content (AvgIpc) is 2.46. The van der Waals surface area contributed by atoms with E-state index in [1.807, 2.05) is 12.1 Å². The van der Waals surface area contributed by atoms with Gasteiger partial charge in [-0.15, -0.1) is 0 Å². The van der Waals surface area contributed by atoms with Gasteiger partial charge in [0.1, 0.15) is 5.75 Å². The molecule has 0 aliphatic rings. The molecule has 1 rings (SSSR count). The van der Waals surface area contributed by atoms with Crippen molar-refractivity contribution < 1.29 is 9.47 Å². The Labute approximate surface area is 123 Å². The van der Waals surface area contributed by atoms with Crippen LogP contribution in [0.25, 0.3) is 0 Å². The standard InChI is InChI=1S/C17H29NO2/c1-5-16(15-9-6-7-10-17(15)19-4)18-11-8-12-20-13-14(2)3/h6-7,9-10,14,16,18H,5,8,11-13H2,1-4H3. The van der Waals surface area contributed by atoms with Crippen LogP contribution in [0.5, 0.6) is 5.75 Å². The number of ether oxygens (including phenoxy) is 2. The van der Waals surface area contributed by atoms with Crippen molar-refractivity contribution in [2.75, 3.05) is 26.9 Å². The monoisotopic (exact) mass is 279 g/mol. The van der Waals surface area contributed by atoms with Crippen LogP contribution >= 0.6 is 0 Å². The van der Waals surface area contributed by atoms with Crippen molar-refractivity contribution in [3.8, 4) is 5.75 Å². The fourth-order valence-electron chi connectivity index (χ4n) is 2.20. The van der Waals surface area contributed by atoms with Crippen molar-refractivity contribution in [2.45, 2.75) is 39.7 Å². The molecule has 20 heavy (non-hydrogen) atoms. The Kier molecular flexibility index (Phi) is 8.31. The Morgan fingerprint density at radius 2 is 1.95 bits per heavy atom. The number of rotatable bonds is 10. The highest BCUT2D eigenvalue weighted by Gasteiger charge is 2.12. The first-order valence-electron chi connectivity index (χ1n) is 7.63. The molecule has 0 aliphatic carbocycles. The average molecular weight is 279 g/mol. The van der Waals surface area contributed by atoms with Crippen LogP contribution in [0, 0.1) is 5.92 Å². The smallest absolute Gasteiger partial charge is 0.123 e. The molecule has 0 saturated carbocycles. The highest BCUT2D eigenvalue weighted by Crippen LogP contribution is 2.26. The van der Waals surface area contributed by atoms with E-state index in [0.717, 1.165) is 38.3 Å². The normalized spacial score (nSPS) is 12.7. The van der Waals surface area contributed by atoms with Crippen molar-refractivity contribution in [1.82, 2.24) is 5.32 Å². The van der Waals surface area contributed by atoms with Gasteiger partial charge in [-0.3, -0.25) is 0 Å². The summed E-state index contributed by atoms with van der Waals surface area (Å²) in [7, 11) is 1.73. The van der Waals surface area contributed by atoms with Crippen molar-refractivity contribution in [3.63, 3.8) is 0 Å². The van der Waals surface area contributed by atoms with E-state index >= 15 is 0 Å². The van der Waals surface area contributed by atoms with Gasteiger partial charge in [0.05, 0.1) is 7.11 Å². The summed E-state index contributed by atoms with van der Waals surface area (Å²) in [5.74, 6) is 1.57. The SMILES string of the molecule is CCC(NCCCOCC(C)C)c1ccccc1OC. The number of methoxy groups -OCH3 is 1. The zero-order chi connectivity index (χ0) is 14.8. The summed E-state index contributed by atoms with van der Waals surface area (Å²) in [4.78, 5) is 0. The molecule has 1 N–H and O–H groups in total. The van der Waals surface area contributed by atoms with Crippen molar-refractivity contribution in [1.29, 1.82) is 0 Å². The Balaban J connectivity index is 2.36. The lowest BCUT2D eigenvalue weighted by Gasteiger charge is -2.20. The molecule has 1 atom stereocenters. The van der Waals surface area contributed by atoms with Crippen molar-refractivity contribution >= 4 is 0 Å². The van der Waals surface area contributed by atoms with Gasteiger partial charge in [-0.05, 0) is 31.4 Å². The maximum atomic E-state index is 5.60. The zero-order valence-electron chi connectivity index (χ0n) is 13.3. The molecule has 0 amide bonds. The third kappa shape index (κ3) is 5.93. The fourth-order valence-corrected chi connectivity index (χ4v) is 2.20. The Hall–Kier alpha value is -1.06. The predicted molar refractivity (Wildman–Crippen MR) is 84.3 cm³/mol. The van der Waals surface area contributed by atoms with E-state index in [0.29, 0.717) is 12.0 Å². The Morgan fingerprint density at radius 1 is 1.20 bits per heavy atom. The third-order valence-corrected chi connectivity index (χ3v) is 3.23. The second kappa shape index (κ2) is 9.78. The van der Waals surface area contributed by atoms with E-state index in [4.69, 9.17) is 9.47 Å². The maximum absolute atomic E-state index is 5.60. The summed E-state index contributed by atoms with van der Waals surface area (Å²) in [6.07, 6.45) is 2.09. The first kappa shape index (κ1) is 17.0. The van der Waals surface area contributed by atoms with Crippen LogP contribution in [0.3, 0.4) is 0 Å². The molecular weight excluding hydrogens is 250 g/mol. The molecule has 1 aromatic rings. The third-order valence-electron chi connectivity index (χ3n) is 3.23. The topological polar surface area (TPSA) is 30.5 Å². The summed E-state index contributed by atoms with van der Waals surface area (Å²) in [5.41, 5.74) is 1.24. The lowest BCUT2D eigenvalue weighted by atomic mass is 10.0. The Bertz CT molecular complexity index is 366. The minimum Gasteiger partial charge on any atom is -0.496 e. The molecule has 0 radical (unpaired) electrons. The number of hydrogen-bond acceptors (Lipinski definition) is 3. The summed E-state index contributed by atoms with van der Waals surface area (Å²) < 4.78 is 11.0. The molecule has 0 bridgehead atoms. The lowest BCUT2D eigenvalue weighted by molar-refractivity contribution is 0.107. The summed E-state index contributed by atoms with van der Waals surface area (Å²) in [6.45, 7) is 9.19. The molecule has 0 saturated heterocycles. The van der Waals surface area contributed by atoms with Gasteiger partial charge in [0.2, 0.25) is 0 Å². The number of hydrogen-bond donors (Lipinski definition) is 1. The van der Waals surface area contributed by atoms with Crippen molar-refractivity contribution in [2.24, 2.45) is 5.92 Å². The van der Waals surface area contributed by atoms with E-state index in [1.54, 1.807) is 7.11 Å². The molecular formula is C17H29NO2. The van der Waals surface area contributed by atoms with Gasteiger partial charge in [-0.1, -0.05) is 39.0 Å². The minimum absolute atomic E-state index is 0.344. The molecule has 1 unspecified atom stereocenters. The summed E-state index contributed by atoms with van der Waals surface area (Å²) in [6, 6.07) is 8.57. The molecule has 0 aliphatic heterocycles. The highest BCUT2D eigenvalue weighted by molar-refractivity contribution is 5.35. The summed E-state index contributed by atoms with van der Waals surface area (Å²) in [5, 5.41) is 3.59. The van der Waals surface area contributed by atoms with E-state index in [1.165, 1.54) is 5.56 Å². The van der Waals surface area contributed by atoms with Crippen LogP contribution in [0.2, 0.25) is 0 Å². The van der Waals surface area contributed by atoms with Gasteiger partial charge in [0.15, 0.2) is 0 Å². The predicted octanol–water partition coefficient (Wildman–Crippen LogP) is 3.80. The largest absolute Gasteiger partial charge is 0.496 e. The number of para-hydroxylation sites is 1. The summed E-state index contributed by atoms with van der Waals surface area (Å²) >= 11 is 0. The first-order chi connectivity index (χ1) is 9.69. The van der Waals surface area contributed by atoms with Gasteiger partial charge in [-0.25, -0.2) is 0 Å². The van der Waals surface area contributed by atoms with Gasteiger partial charge < -0.3 is 14.8 Å². The molecule has 0 aromatic heterocycles. The van der Waals surface area contributed by atoms with Crippen LogP contribution in [0.15, 0.2) is 24.3 Å². The highest BCUT2D eigenvalue weighted by atomic mass is 16.5. The van der Waals surface area contributed by atoms with E-state index in [2.05, 4.69) is 38.2 Å². The number of nitrogens with one attached hydrogen (secondary N) is 1. The molecule has 0 spiro atoms. The van der Waals surface area contributed by atoms with Crippen LogP contribution in [0.4, 0.5) is 0 Å². The van der Waals surface area contributed by atoms with E-state index in [9.17, 15) is 0 Å². The second-order valence-electron chi connectivity index (χ2n) is 5.48. The Morgan fingerprint density at radius 3 is 2.60 bits per heavy atom. The second-order valence-corrected chi connectivity index (χ2v) is 5.48. The van der Waals surface area contributed by atoms with Crippen molar-refractivity contribution in [3.05, 3.63) is 29.8 Å². The van der Waals surface area contributed by atoms with Crippen LogP contribution in [-0.2, 0) is 4.74 Å². The zero-order valence-corrected chi connectivity index (χ0v) is 13.3. The first-order valence-corrected chi connectivity index (χ1v) is 7.63. The minimum atomic E-state index is 0.344. The maximum Gasteiger partial charge on any atom is 0.123 e. The lowest BCUT2D eigenvalue weighted by Crippen LogP contribution is -2.23. The molecule has 1 aromatic carbocycles. The van der Waals surface area contributed by atoms with Crippen LogP contribution in [0.1, 0.15) is 45.2 Å². The van der Waals surface area contributed by atoms with Gasteiger partial charge in [-0.2, -0.15) is 0 Å². The van der Waals surface area contributed by atoms with E-state index in [-0.39, 0.29) is 0 Å². The van der Waals surface area contributed by atoms with Gasteiger partial charge in [0, 0.05) is 24.8 Å². The molecule has 0 heterocycles. The fraction of sp³-hybridized carbons (Fsp3) is 0.647. The molecule has 0 fully saturated rings. The quantitative estimate of drug-likeness (QED) is 0.661. The molecule has 114 valence electrons. The molecule has 3 nitrogen and oxygen atoms in total. The van der Waals surface area contributed by atoms with Gasteiger partial charge in [0.25, 0.3) is 0 Å². The van der Waals surface area contributed by atoms with Crippen LogP contribution < -0.4 is 10.1 Å². The van der Waals surface area contributed by atoms with Gasteiger partial charge >= 0.3 is 0 Å². The number of benzene rings is 1. The molecule has 3 heteroatoms. The van der Waals surface area contributed by atoms with E-state index < -0.39 is 0 Å². The van der Waals surface area contributed by atoms with Crippen LogP contribution in [-0.4, -0.2) is 26.9 Å².